The molecule has 6 nitrogen and oxygen atoms in total. The highest BCUT2D eigenvalue weighted by molar-refractivity contribution is 5.77. The summed E-state index contributed by atoms with van der Waals surface area (Å²) in [5, 5.41) is 23.6. The Morgan fingerprint density at radius 1 is 0.492 bits per heavy atom. The second-order valence-corrected chi connectivity index (χ2v) is 18.0. The molecule has 0 bridgehead atoms. The lowest BCUT2D eigenvalue weighted by molar-refractivity contribution is -0.151. The van der Waals surface area contributed by atoms with E-state index in [0.29, 0.717) is 19.3 Å². The zero-order valence-electron chi connectivity index (χ0n) is 39.7. The first-order valence-electron chi connectivity index (χ1n) is 26.1. The smallest absolute Gasteiger partial charge is 0.306 e. The lowest BCUT2D eigenvalue weighted by atomic mass is 10.0. The Morgan fingerprint density at radius 3 is 1.29 bits per heavy atom. The van der Waals surface area contributed by atoms with Crippen LogP contribution in [0.3, 0.4) is 0 Å². The van der Waals surface area contributed by atoms with Crippen LogP contribution in [0.2, 0.25) is 0 Å². The average molecular weight is 832 g/mol. The Balaban J connectivity index is 4.57. The fourth-order valence-corrected chi connectivity index (χ4v) is 8.08. The van der Waals surface area contributed by atoms with E-state index in [9.17, 15) is 19.8 Å². The summed E-state index contributed by atoms with van der Waals surface area (Å²) in [7, 11) is 0. The third-order valence-corrected chi connectivity index (χ3v) is 12.1. The van der Waals surface area contributed by atoms with Gasteiger partial charge in [0.25, 0.3) is 0 Å². The van der Waals surface area contributed by atoms with Gasteiger partial charge in [-0.1, -0.05) is 244 Å². The third-order valence-electron chi connectivity index (χ3n) is 12.1. The number of nitrogens with one attached hydrogen (secondary N) is 1. The fourth-order valence-electron chi connectivity index (χ4n) is 8.08. The van der Waals surface area contributed by atoms with Crippen molar-refractivity contribution in [1.82, 2.24) is 5.32 Å². The van der Waals surface area contributed by atoms with Gasteiger partial charge in [0.05, 0.1) is 25.2 Å². The molecule has 0 heterocycles. The number of aliphatic hydroxyl groups is 2. The van der Waals surface area contributed by atoms with E-state index in [2.05, 4.69) is 50.4 Å². The first kappa shape index (κ1) is 57.3. The topological polar surface area (TPSA) is 95.9 Å². The maximum Gasteiger partial charge on any atom is 0.306 e. The summed E-state index contributed by atoms with van der Waals surface area (Å²) < 4.78 is 5.91. The molecule has 3 unspecified atom stereocenters. The molecule has 0 fully saturated rings. The molecule has 0 aliphatic heterocycles. The highest BCUT2D eigenvalue weighted by Crippen LogP contribution is 2.18. The van der Waals surface area contributed by atoms with E-state index in [-0.39, 0.29) is 24.9 Å². The predicted octanol–water partition coefficient (Wildman–Crippen LogP) is 15.5. The molecule has 348 valence electrons. The fraction of sp³-hybridized carbons (Fsp3) is 0.887. The number of esters is 1. The second kappa shape index (κ2) is 47.4. The van der Waals surface area contributed by atoms with Crippen molar-refractivity contribution in [3.8, 4) is 0 Å². The molecule has 0 saturated carbocycles. The van der Waals surface area contributed by atoms with Gasteiger partial charge in [0.1, 0.15) is 6.10 Å². The first-order valence-corrected chi connectivity index (χ1v) is 26.1. The van der Waals surface area contributed by atoms with Crippen LogP contribution in [0.1, 0.15) is 278 Å². The van der Waals surface area contributed by atoms with E-state index >= 15 is 0 Å². The van der Waals surface area contributed by atoms with Gasteiger partial charge in [-0.25, -0.2) is 0 Å². The Hall–Kier alpha value is -1.66. The van der Waals surface area contributed by atoms with Crippen LogP contribution in [0.25, 0.3) is 0 Å². The summed E-state index contributed by atoms with van der Waals surface area (Å²) in [6, 6.07) is -0.710. The number of amides is 1. The van der Waals surface area contributed by atoms with Gasteiger partial charge in [-0.2, -0.15) is 0 Å². The molecule has 3 atom stereocenters. The normalized spacial score (nSPS) is 13.4. The molecule has 0 aliphatic carbocycles. The van der Waals surface area contributed by atoms with Gasteiger partial charge in [0, 0.05) is 6.42 Å². The van der Waals surface area contributed by atoms with Gasteiger partial charge >= 0.3 is 5.97 Å². The Kier molecular flexibility index (Phi) is 46.1. The number of hydrogen-bond acceptors (Lipinski definition) is 5. The van der Waals surface area contributed by atoms with Crippen LogP contribution in [-0.2, 0) is 14.3 Å². The summed E-state index contributed by atoms with van der Waals surface area (Å²) in [5.74, 6) is -0.508. The van der Waals surface area contributed by atoms with Crippen LogP contribution in [0.15, 0.2) is 24.3 Å². The highest BCUT2D eigenvalue weighted by Gasteiger charge is 2.24. The van der Waals surface area contributed by atoms with E-state index in [0.717, 1.165) is 57.8 Å². The van der Waals surface area contributed by atoms with Crippen molar-refractivity contribution in [1.29, 1.82) is 0 Å². The van der Waals surface area contributed by atoms with Crippen molar-refractivity contribution in [3.63, 3.8) is 0 Å². The van der Waals surface area contributed by atoms with E-state index in [4.69, 9.17) is 4.74 Å². The maximum absolute atomic E-state index is 13.2. The van der Waals surface area contributed by atoms with Crippen molar-refractivity contribution in [3.05, 3.63) is 24.3 Å². The molecular formula is C53H101NO5. The molecule has 0 aromatic heterocycles. The van der Waals surface area contributed by atoms with Crippen molar-refractivity contribution in [2.45, 2.75) is 296 Å². The molecule has 59 heavy (non-hydrogen) atoms. The van der Waals surface area contributed by atoms with Gasteiger partial charge in [-0.15, -0.1) is 0 Å². The second-order valence-electron chi connectivity index (χ2n) is 18.0. The Bertz CT molecular complexity index is 935. The van der Waals surface area contributed by atoms with Crippen molar-refractivity contribution in [2.24, 2.45) is 0 Å². The van der Waals surface area contributed by atoms with Gasteiger partial charge in [-0.3, -0.25) is 9.59 Å². The number of ether oxygens (including phenoxy) is 1. The number of carbonyl (C=O) groups is 2. The van der Waals surface area contributed by atoms with Crippen LogP contribution in [-0.4, -0.2) is 46.9 Å². The monoisotopic (exact) mass is 832 g/mol. The number of carbonyl (C=O) groups excluding carboxylic acids is 2. The van der Waals surface area contributed by atoms with Gasteiger partial charge < -0.3 is 20.3 Å². The lowest BCUT2D eigenvalue weighted by Crippen LogP contribution is -2.46. The first-order chi connectivity index (χ1) is 29.0. The standard InChI is InChI=1S/C53H101NO5/c1-4-7-10-13-16-19-21-23-25-26-27-29-31-34-37-40-43-46-53(58)59-49(44-41-38-35-33-30-28-24-22-20-17-14-11-8-5-2)47-52(57)54-50(48-55)51(56)45-42-39-36-32-18-15-12-9-6-3/h28,30,33,35,49-51,55-56H,4-27,29,31-32,34,36-48H2,1-3H3,(H,54,57)/b30-28+,35-33+. The molecule has 0 rings (SSSR count). The third kappa shape index (κ3) is 42.8. The number of hydrogen-bond donors (Lipinski definition) is 3. The molecule has 0 spiro atoms. The minimum Gasteiger partial charge on any atom is -0.462 e. The SMILES string of the molecule is CCCCCCCCC/C=C/C=C/CCCC(CC(=O)NC(CO)C(O)CCCCCCCCCCC)OC(=O)CCCCCCCCCCCCCCCCCCC. The summed E-state index contributed by atoms with van der Waals surface area (Å²) in [6.45, 7) is 6.46. The molecule has 0 aromatic carbocycles. The quantitative estimate of drug-likeness (QED) is 0.0322. The van der Waals surface area contributed by atoms with Crippen LogP contribution < -0.4 is 5.32 Å². The van der Waals surface area contributed by atoms with E-state index in [1.54, 1.807) is 0 Å². The van der Waals surface area contributed by atoms with Crippen molar-refractivity contribution in [2.75, 3.05) is 6.61 Å². The van der Waals surface area contributed by atoms with E-state index < -0.39 is 18.2 Å². The molecule has 0 aromatic rings. The Labute approximate surface area is 367 Å². The average Bonchev–Trinajstić information content (AvgIpc) is 3.23. The molecule has 1 amide bonds. The van der Waals surface area contributed by atoms with Crippen LogP contribution in [0.5, 0.6) is 0 Å². The number of unbranched alkanes of at least 4 members (excludes halogenated alkanes) is 32. The molecule has 0 radical (unpaired) electrons. The minimum atomic E-state index is -0.793. The summed E-state index contributed by atoms with van der Waals surface area (Å²) in [6.07, 6.45) is 53.9. The number of aliphatic hydroxyl groups excluding tert-OH is 2. The number of allylic oxidation sites excluding steroid dienone is 4. The molecular weight excluding hydrogens is 731 g/mol. The van der Waals surface area contributed by atoms with Gasteiger partial charge in [-0.05, 0) is 44.9 Å². The molecule has 0 aliphatic rings. The van der Waals surface area contributed by atoms with Crippen LogP contribution in [0, 0.1) is 0 Å². The minimum absolute atomic E-state index is 0.0497. The maximum atomic E-state index is 13.2. The Morgan fingerprint density at radius 2 is 0.864 bits per heavy atom. The van der Waals surface area contributed by atoms with Crippen molar-refractivity contribution >= 4 is 11.9 Å². The van der Waals surface area contributed by atoms with Crippen molar-refractivity contribution < 1.29 is 24.5 Å². The van der Waals surface area contributed by atoms with E-state index in [1.807, 2.05) is 0 Å². The van der Waals surface area contributed by atoms with Gasteiger partial charge in [0.15, 0.2) is 0 Å². The predicted molar refractivity (Wildman–Crippen MR) is 255 cm³/mol. The van der Waals surface area contributed by atoms with Gasteiger partial charge in [0.2, 0.25) is 5.91 Å². The summed E-state index contributed by atoms with van der Waals surface area (Å²) in [4.78, 5) is 26.1. The number of rotatable bonds is 47. The zero-order chi connectivity index (χ0) is 43.1. The molecule has 0 saturated heterocycles. The van der Waals surface area contributed by atoms with Crippen LogP contribution in [0.4, 0.5) is 0 Å². The zero-order valence-corrected chi connectivity index (χ0v) is 39.7. The summed E-state index contributed by atoms with van der Waals surface area (Å²) >= 11 is 0. The summed E-state index contributed by atoms with van der Waals surface area (Å²) in [5.41, 5.74) is 0. The lowest BCUT2D eigenvalue weighted by Gasteiger charge is -2.24. The highest BCUT2D eigenvalue weighted by atomic mass is 16.5. The van der Waals surface area contributed by atoms with E-state index in [1.165, 1.54) is 173 Å². The molecule has 3 N–H and O–H groups in total. The molecule has 6 heteroatoms. The largest absolute Gasteiger partial charge is 0.462 e. The van der Waals surface area contributed by atoms with Crippen LogP contribution >= 0.6 is 0 Å².